The van der Waals surface area contributed by atoms with E-state index in [-0.39, 0.29) is 10.7 Å². The number of hydrogen-bond acceptors (Lipinski definition) is 4. The van der Waals surface area contributed by atoms with Gasteiger partial charge in [0.25, 0.3) is 0 Å². The summed E-state index contributed by atoms with van der Waals surface area (Å²) in [5, 5.41) is 31.3. The third kappa shape index (κ3) is 1.29. The van der Waals surface area contributed by atoms with Crippen LogP contribution in [0.1, 0.15) is 26.2 Å². The lowest BCUT2D eigenvalue weighted by Gasteiger charge is -2.46. The van der Waals surface area contributed by atoms with Crippen LogP contribution < -0.4 is 5.32 Å². The molecule has 90 valence electrons. The fraction of sp³-hybridized carbons (Fsp3) is 0.462. The first-order valence-electron chi connectivity index (χ1n) is 5.66. The molecule has 0 aromatic carbocycles. The largest absolute Gasteiger partial charge is 0.348 e. The Balaban J connectivity index is 2.79. The molecule has 1 N–H and O–H groups in total. The monoisotopic (exact) mass is 258 g/mol. The van der Waals surface area contributed by atoms with E-state index >= 15 is 0 Å². The van der Waals surface area contributed by atoms with Crippen molar-refractivity contribution in [2.75, 3.05) is 0 Å². The summed E-state index contributed by atoms with van der Waals surface area (Å²) in [6, 6.07) is 5.98. The highest BCUT2D eigenvalue weighted by Gasteiger charge is 2.58. The zero-order chi connectivity index (χ0) is 13.4. The molecule has 2 aliphatic rings. The second-order valence-electron chi connectivity index (χ2n) is 4.74. The van der Waals surface area contributed by atoms with Gasteiger partial charge in [-0.3, -0.25) is 0 Å². The molecule has 0 saturated heterocycles. The molecule has 1 heterocycles. The average molecular weight is 259 g/mol. The first-order chi connectivity index (χ1) is 8.55. The van der Waals surface area contributed by atoms with Crippen molar-refractivity contribution in [1.29, 1.82) is 15.8 Å². The molecule has 0 bridgehead atoms. The molecule has 0 amide bonds. The molecule has 1 aliphatic carbocycles. The molecular weight excluding hydrogens is 248 g/mol. The predicted octanol–water partition coefficient (Wildman–Crippen LogP) is 2.67. The lowest BCUT2D eigenvalue weighted by atomic mass is 9.56. The minimum absolute atomic E-state index is 0.0238. The van der Waals surface area contributed by atoms with Gasteiger partial charge in [-0.15, -0.1) is 0 Å². The number of hydrogen-bond donors (Lipinski definition) is 1. The Morgan fingerprint density at radius 3 is 2.56 bits per heavy atom. The molecule has 2 rings (SSSR count). The zero-order valence-electron chi connectivity index (χ0n) is 9.92. The van der Waals surface area contributed by atoms with Gasteiger partial charge in [0, 0.05) is 11.1 Å². The molecule has 0 saturated carbocycles. The highest BCUT2D eigenvalue weighted by atomic mass is 35.5. The normalized spacial score (nSPS) is 28.9. The van der Waals surface area contributed by atoms with Crippen molar-refractivity contribution in [1.82, 2.24) is 5.32 Å². The van der Waals surface area contributed by atoms with Crippen molar-refractivity contribution in [2.45, 2.75) is 26.2 Å². The summed E-state index contributed by atoms with van der Waals surface area (Å²) in [5.41, 5.74) is -1.40. The fourth-order valence-electron chi connectivity index (χ4n) is 2.78. The van der Waals surface area contributed by atoms with Gasteiger partial charge in [-0.1, -0.05) is 24.6 Å². The molecule has 0 unspecified atom stereocenters. The van der Waals surface area contributed by atoms with Crippen LogP contribution >= 0.6 is 11.6 Å². The van der Waals surface area contributed by atoms with Crippen LogP contribution in [-0.4, -0.2) is 0 Å². The number of nitriles is 3. The number of fused-ring (bicyclic) bond motifs is 1. The van der Waals surface area contributed by atoms with E-state index in [4.69, 9.17) is 11.6 Å². The van der Waals surface area contributed by atoms with Crippen molar-refractivity contribution in [2.24, 2.45) is 10.8 Å². The maximum atomic E-state index is 9.49. The van der Waals surface area contributed by atoms with Crippen LogP contribution in [0.15, 0.2) is 22.5 Å². The number of nitrogens with zero attached hydrogens (tertiary/aromatic N) is 3. The van der Waals surface area contributed by atoms with Gasteiger partial charge >= 0.3 is 0 Å². The van der Waals surface area contributed by atoms with E-state index in [1.807, 2.05) is 31.2 Å². The van der Waals surface area contributed by atoms with E-state index in [1.54, 1.807) is 0 Å². The molecule has 18 heavy (non-hydrogen) atoms. The van der Waals surface area contributed by atoms with Crippen molar-refractivity contribution in [3.05, 3.63) is 22.5 Å². The fourth-order valence-corrected chi connectivity index (χ4v) is 3.06. The molecule has 0 radical (unpaired) electrons. The van der Waals surface area contributed by atoms with Crippen LogP contribution in [0, 0.1) is 44.8 Å². The van der Waals surface area contributed by atoms with Crippen LogP contribution in [0.3, 0.4) is 0 Å². The number of nitrogens with one attached hydrogen (secondary N) is 1. The predicted molar refractivity (Wildman–Crippen MR) is 65.3 cm³/mol. The van der Waals surface area contributed by atoms with Gasteiger partial charge in [0.2, 0.25) is 0 Å². The van der Waals surface area contributed by atoms with Gasteiger partial charge in [0.05, 0.1) is 12.1 Å². The van der Waals surface area contributed by atoms with E-state index in [9.17, 15) is 15.8 Å². The third-order valence-electron chi connectivity index (χ3n) is 3.94. The third-order valence-corrected chi connectivity index (χ3v) is 4.22. The summed E-state index contributed by atoms with van der Waals surface area (Å²) in [4.78, 5) is 0. The Bertz CT molecular complexity index is 568. The summed E-state index contributed by atoms with van der Waals surface area (Å²) >= 11 is 6.01. The quantitative estimate of drug-likeness (QED) is 0.677. The Morgan fingerprint density at radius 2 is 2.00 bits per heavy atom. The molecule has 5 heteroatoms. The Hall–Kier alpha value is -1.96. The lowest BCUT2D eigenvalue weighted by molar-refractivity contribution is 0.203. The molecule has 1 aliphatic heterocycles. The van der Waals surface area contributed by atoms with Crippen molar-refractivity contribution in [3.63, 3.8) is 0 Å². The van der Waals surface area contributed by atoms with E-state index in [2.05, 4.69) is 5.32 Å². The standard InChI is InChI=1S/C13H11ClN4/c1-12-5-3-2-4-10(12)18-11(14)9(6-15)13(12,7-16)8-17/h4,18H,2-3,5H2,1H3/t12-/m1/s1. The van der Waals surface area contributed by atoms with E-state index in [0.29, 0.717) is 6.42 Å². The minimum atomic E-state index is -1.50. The minimum Gasteiger partial charge on any atom is -0.348 e. The summed E-state index contributed by atoms with van der Waals surface area (Å²) in [6.45, 7) is 1.85. The molecule has 0 fully saturated rings. The second kappa shape index (κ2) is 4.05. The molecule has 1 atom stereocenters. The molecule has 0 aromatic heterocycles. The van der Waals surface area contributed by atoms with Gasteiger partial charge in [0.15, 0.2) is 5.41 Å². The van der Waals surface area contributed by atoms with Crippen LogP contribution in [0.2, 0.25) is 0 Å². The average Bonchev–Trinajstić information content (AvgIpc) is 2.37. The lowest BCUT2D eigenvalue weighted by Crippen LogP contribution is -2.49. The van der Waals surface area contributed by atoms with Crippen LogP contribution in [0.5, 0.6) is 0 Å². The summed E-state index contributed by atoms with van der Waals surface area (Å²) in [7, 11) is 0. The van der Waals surface area contributed by atoms with Crippen LogP contribution in [0.25, 0.3) is 0 Å². The molecule has 4 nitrogen and oxygen atoms in total. The van der Waals surface area contributed by atoms with E-state index < -0.39 is 10.8 Å². The van der Waals surface area contributed by atoms with Crippen molar-refractivity contribution >= 4 is 11.6 Å². The van der Waals surface area contributed by atoms with Crippen molar-refractivity contribution < 1.29 is 0 Å². The number of rotatable bonds is 0. The summed E-state index contributed by atoms with van der Waals surface area (Å²) in [6.07, 6.45) is 4.42. The second-order valence-corrected chi connectivity index (χ2v) is 5.12. The highest BCUT2D eigenvalue weighted by molar-refractivity contribution is 6.30. The Labute approximate surface area is 111 Å². The van der Waals surface area contributed by atoms with E-state index in [1.165, 1.54) is 0 Å². The maximum Gasteiger partial charge on any atom is 0.191 e. The van der Waals surface area contributed by atoms with Crippen LogP contribution in [-0.2, 0) is 0 Å². The first kappa shape index (κ1) is 12.5. The van der Waals surface area contributed by atoms with Gasteiger partial charge in [-0.05, 0) is 19.3 Å². The molecular formula is C13H11ClN4. The maximum absolute atomic E-state index is 9.49. The Kier molecular flexibility index (Phi) is 2.81. The van der Waals surface area contributed by atoms with E-state index in [0.717, 1.165) is 18.5 Å². The summed E-state index contributed by atoms with van der Waals surface area (Å²) in [5.74, 6) is 0. The van der Waals surface area contributed by atoms with Gasteiger partial charge in [-0.2, -0.15) is 15.8 Å². The molecule has 0 spiro atoms. The summed E-state index contributed by atoms with van der Waals surface area (Å²) < 4.78 is 0. The van der Waals surface area contributed by atoms with Crippen LogP contribution in [0.4, 0.5) is 0 Å². The topological polar surface area (TPSA) is 83.4 Å². The van der Waals surface area contributed by atoms with Gasteiger partial charge in [-0.25, -0.2) is 0 Å². The van der Waals surface area contributed by atoms with Gasteiger partial charge in [0.1, 0.15) is 16.8 Å². The van der Waals surface area contributed by atoms with Crippen molar-refractivity contribution in [3.8, 4) is 18.2 Å². The highest BCUT2D eigenvalue weighted by Crippen LogP contribution is 2.56. The van der Waals surface area contributed by atoms with Gasteiger partial charge < -0.3 is 5.32 Å². The number of halogens is 1. The Morgan fingerprint density at radius 1 is 1.33 bits per heavy atom. The SMILES string of the molecule is C[C@@]12CCCC=C1NC(Cl)=C(C#N)C2(C#N)C#N. The smallest absolute Gasteiger partial charge is 0.191 e. The zero-order valence-corrected chi connectivity index (χ0v) is 10.7. The molecule has 0 aromatic rings. The first-order valence-corrected chi connectivity index (χ1v) is 6.04. The number of allylic oxidation sites excluding steroid dienone is 3.